The summed E-state index contributed by atoms with van der Waals surface area (Å²) in [6.07, 6.45) is 0. The maximum Gasteiger partial charge on any atom is 0.293 e. The number of nitro benzene ring substituents is 1. The van der Waals surface area contributed by atoms with Crippen molar-refractivity contribution in [1.82, 2.24) is 4.90 Å². The molecule has 0 unspecified atom stereocenters. The van der Waals surface area contributed by atoms with Crippen molar-refractivity contribution >= 4 is 34.6 Å². The SMILES string of the molecule is COCCNc1ccc(C(=O)N2CCN(c3cccc(Cl)c3)CC2)cc1[N+](=O)[O-]. The van der Waals surface area contributed by atoms with Crippen molar-refractivity contribution in [1.29, 1.82) is 0 Å². The second-order valence-corrected chi connectivity index (χ2v) is 7.10. The predicted molar refractivity (Wildman–Crippen MR) is 113 cm³/mol. The van der Waals surface area contributed by atoms with E-state index in [1.807, 2.05) is 24.3 Å². The van der Waals surface area contributed by atoms with E-state index in [2.05, 4.69) is 10.2 Å². The van der Waals surface area contributed by atoms with Crippen LogP contribution in [-0.4, -0.2) is 62.2 Å². The van der Waals surface area contributed by atoms with Gasteiger partial charge in [0.2, 0.25) is 0 Å². The van der Waals surface area contributed by atoms with Crippen LogP contribution in [0, 0.1) is 10.1 Å². The molecule has 154 valence electrons. The van der Waals surface area contributed by atoms with E-state index in [4.69, 9.17) is 16.3 Å². The molecule has 1 N–H and O–H groups in total. The van der Waals surface area contributed by atoms with Crippen molar-refractivity contribution in [2.45, 2.75) is 0 Å². The number of rotatable bonds is 7. The van der Waals surface area contributed by atoms with Crippen LogP contribution in [0.3, 0.4) is 0 Å². The van der Waals surface area contributed by atoms with Gasteiger partial charge in [-0.15, -0.1) is 0 Å². The van der Waals surface area contributed by atoms with Gasteiger partial charge in [0.05, 0.1) is 11.5 Å². The van der Waals surface area contributed by atoms with E-state index in [9.17, 15) is 14.9 Å². The first-order valence-corrected chi connectivity index (χ1v) is 9.68. The van der Waals surface area contributed by atoms with Crippen LogP contribution < -0.4 is 10.2 Å². The number of piperazine rings is 1. The minimum Gasteiger partial charge on any atom is -0.383 e. The van der Waals surface area contributed by atoms with Crippen LogP contribution in [0.5, 0.6) is 0 Å². The van der Waals surface area contributed by atoms with E-state index in [-0.39, 0.29) is 11.6 Å². The average Bonchev–Trinajstić information content (AvgIpc) is 2.73. The summed E-state index contributed by atoms with van der Waals surface area (Å²) in [7, 11) is 1.56. The molecule has 1 saturated heterocycles. The average molecular weight is 419 g/mol. The van der Waals surface area contributed by atoms with Crippen LogP contribution in [0.25, 0.3) is 0 Å². The summed E-state index contributed by atoms with van der Waals surface area (Å²) in [5.74, 6) is -0.206. The highest BCUT2D eigenvalue weighted by atomic mass is 35.5. The number of hydrogen-bond acceptors (Lipinski definition) is 6. The van der Waals surface area contributed by atoms with Crippen molar-refractivity contribution in [3.8, 4) is 0 Å². The lowest BCUT2D eigenvalue weighted by Crippen LogP contribution is -2.48. The Bertz CT molecular complexity index is 885. The molecule has 3 rings (SSSR count). The third-order valence-electron chi connectivity index (χ3n) is 4.80. The second kappa shape index (κ2) is 9.58. The Morgan fingerprint density at radius 3 is 2.62 bits per heavy atom. The first-order valence-electron chi connectivity index (χ1n) is 9.30. The zero-order valence-electron chi connectivity index (χ0n) is 16.1. The Kier molecular flexibility index (Phi) is 6.90. The lowest BCUT2D eigenvalue weighted by molar-refractivity contribution is -0.384. The number of nitrogens with one attached hydrogen (secondary N) is 1. The number of nitro groups is 1. The van der Waals surface area contributed by atoms with E-state index >= 15 is 0 Å². The number of nitrogens with zero attached hydrogens (tertiary/aromatic N) is 3. The fraction of sp³-hybridized carbons (Fsp3) is 0.350. The van der Waals surface area contributed by atoms with E-state index < -0.39 is 4.92 Å². The van der Waals surface area contributed by atoms with E-state index in [0.717, 1.165) is 5.69 Å². The molecular formula is C20H23ClN4O4. The molecule has 1 aliphatic heterocycles. The molecule has 9 heteroatoms. The Morgan fingerprint density at radius 1 is 1.21 bits per heavy atom. The van der Waals surface area contributed by atoms with Crippen molar-refractivity contribution in [2.75, 3.05) is 56.7 Å². The molecule has 0 spiro atoms. The van der Waals surface area contributed by atoms with Crippen molar-refractivity contribution in [3.05, 3.63) is 63.2 Å². The summed E-state index contributed by atoms with van der Waals surface area (Å²) in [4.78, 5) is 27.7. The minimum atomic E-state index is -0.483. The summed E-state index contributed by atoms with van der Waals surface area (Å²) < 4.78 is 4.95. The second-order valence-electron chi connectivity index (χ2n) is 6.67. The van der Waals surface area contributed by atoms with Gasteiger partial charge in [-0.05, 0) is 30.3 Å². The van der Waals surface area contributed by atoms with Gasteiger partial charge in [0.25, 0.3) is 11.6 Å². The van der Waals surface area contributed by atoms with Crippen LogP contribution in [0.15, 0.2) is 42.5 Å². The number of carbonyl (C=O) groups is 1. The maximum absolute atomic E-state index is 12.9. The molecule has 1 heterocycles. The van der Waals surface area contributed by atoms with Gasteiger partial charge in [-0.3, -0.25) is 14.9 Å². The Hall–Kier alpha value is -2.84. The number of benzene rings is 2. The number of methoxy groups -OCH3 is 1. The molecule has 0 bridgehead atoms. The largest absolute Gasteiger partial charge is 0.383 e. The maximum atomic E-state index is 12.9. The van der Waals surface area contributed by atoms with Crippen LogP contribution in [0.2, 0.25) is 5.02 Å². The van der Waals surface area contributed by atoms with Gasteiger partial charge < -0.3 is 19.9 Å². The van der Waals surface area contributed by atoms with Gasteiger partial charge in [0, 0.05) is 62.2 Å². The highest BCUT2D eigenvalue weighted by Crippen LogP contribution is 2.27. The molecule has 1 amide bonds. The first-order chi connectivity index (χ1) is 14.0. The lowest BCUT2D eigenvalue weighted by Gasteiger charge is -2.36. The van der Waals surface area contributed by atoms with E-state index in [1.54, 1.807) is 24.1 Å². The molecule has 0 radical (unpaired) electrons. The van der Waals surface area contributed by atoms with Gasteiger partial charge in [0.1, 0.15) is 5.69 Å². The normalized spacial score (nSPS) is 14.0. The number of amides is 1. The van der Waals surface area contributed by atoms with Gasteiger partial charge >= 0.3 is 0 Å². The predicted octanol–water partition coefficient (Wildman–Crippen LogP) is 3.27. The zero-order chi connectivity index (χ0) is 20.8. The molecule has 29 heavy (non-hydrogen) atoms. The van der Waals surface area contributed by atoms with E-state index in [1.165, 1.54) is 6.07 Å². The molecule has 8 nitrogen and oxygen atoms in total. The summed E-state index contributed by atoms with van der Waals surface area (Å²) in [6, 6.07) is 12.1. The molecular weight excluding hydrogens is 396 g/mol. The van der Waals surface area contributed by atoms with Crippen LogP contribution in [0.1, 0.15) is 10.4 Å². The first kappa shape index (κ1) is 20.9. The zero-order valence-corrected chi connectivity index (χ0v) is 16.9. The minimum absolute atomic E-state index is 0.121. The Balaban J connectivity index is 1.67. The fourth-order valence-electron chi connectivity index (χ4n) is 3.28. The summed E-state index contributed by atoms with van der Waals surface area (Å²) in [5.41, 5.74) is 1.58. The monoisotopic (exact) mass is 418 g/mol. The molecule has 0 aromatic heterocycles. The smallest absolute Gasteiger partial charge is 0.293 e. The highest BCUT2D eigenvalue weighted by molar-refractivity contribution is 6.30. The van der Waals surface area contributed by atoms with Crippen molar-refractivity contribution in [3.63, 3.8) is 0 Å². The molecule has 0 atom stereocenters. The molecule has 1 fully saturated rings. The summed E-state index contributed by atoms with van der Waals surface area (Å²) >= 11 is 6.06. The number of ether oxygens (including phenoxy) is 1. The van der Waals surface area contributed by atoms with Crippen molar-refractivity contribution in [2.24, 2.45) is 0 Å². The molecule has 0 aliphatic carbocycles. The number of halogens is 1. The summed E-state index contributed by atoms with van der Waals surface area (Å²) in [6.45, 7) is 3.28. The Labute approximate surface area is 174 Å². The van der Waals surface area contributed by atoms with E-state index in [0.29, 0.717) is 55.6 Å². The van der Waals surface area contributed by atoms with Gasteiger partial charge in [-0.2, -0.15) is 0 Å². The standard InChI is InChI=1S/C20H23ClN4O4/c1-29-12-7-22-18-6-5-15(13-19(18)25(27)28)20(26)24-10-8-23(9-11-24)17-4-2-3-16(21)14-17/h2-6,13-14,22H,7-12H2,1H3. The van der Waals surface area contributed by atoms with Gasteiger partial charge in [0.15, 0.2) is 0 Å². The lowest BCUT2D eigenvalue weighted by atomic mass is 10.1. The van der Waals surface area contributed by atoms with Crippen molar-refractivity contribution < 1.29 is 14.5 Å². The Morgan fingerprint density at radius 2 is 1.97 bits per heavy atom. The molecule has 1 aliphatic rings. The van der Waals surface area contributed by atoms with Crippen LogP contribution in [0.4, 0.5) is 17.1 Å². The van der Waals surface area contributed by atoms with Crippen LogP contribution in [-0.2, 0) is 4.74 Å². The third-order valence-corrected chi connectivity index (χ3v) is 5.04. The number of anilines is 2. The van der Waals surface area contributed by atoms with Gasteiger partial charge in [-0.25, -0.2) is 0 Å². The highest BCUT2D eigenvalue weighted by Gasteiger charge is 2.25. The molecule has 0 saturated carbocycles. The number of hydrogen-bond donors (Lipinski definition) is 1. The topological polar surface area (TPSA) is 88.0 Å². The molecule has 2 aromatic carbocycles. The quantitative estimate of drug-likeness (QED) is 0.422. The fourth-order valence-corrected chi connectivity index (χ4v) is 3.46. The molecule has 2 aromatic rings. The van der Waals surface area contributed by atoms with Crippen LogP contribution >= 0.6 is 11.6 Å². The number of carbonyl (C=O) groups excluding carboxylic acids is 1. The summed E-state index contributed by atoms with van der Waals surface area (Å²) in [5, 5.41) is 15.1. The van der Waals surface area contributed by atoms with Gasteiger partial charge in [-0.1, -0.05) is 17.7 Å². The third kappa shape index (κ3) is 5.16.